The van der Waals surface area contributed by atoms with Crippen molar-refractivity contribution in [1.82, 2.24) is 0 Å². The van der Waals surface area contributed by atoms with E-state index in [-0.39, 0.29) is 12.3 Å². The second-order valence-corrected chi connectivity index (χ2v) is 3.37. The molecule has 0 saturated carbocycles. The normalized spacial score (nSPS) is 8.56. The Hall–Kier alpha value is -2.50. The number of aliphatic hydroxyl groups is 1. The summed E-state index contributed by atoms with van der Waals surface area (Å²) in [4.78, 5) is 10.1. The highest BCUT2D eigenvalue weighted by Crippen LogP contribution is 2.20. The van der Waals surface area contributed by atoms with Crippen molar-refractivity contribution in [3.8, 4) is 23.7 Å². The van der Waals surface area contributed by atoms with E-state index in [1.807, 2.05) is 0 Å². The van der Waals surface area contributed by atoms with Crippen molar-refractivity contribution in [2.24, 2.45) is 0 Å². The van der Waals surface area contributed by atoms with Crippen LogP contribution in [0.15, 0.2) is 18.2 Å². The first-order chi connectivity index (χ1) is 8.65. The number of benzene rings is 1. The predicted octanol–water partition coefficient (Wildman–Crippen LogP) is 1.31. The maximum absolute atomic E-state index is 10.6. The van der Waals surface area contributed by atoms with Gasteiger partial charge in [0.15, 0.2) is 0 Å². The third-order valence-corrected chi connectivity index (χ3v) is 2.11. The van der Waals surface area contributed by atoms with Gasteiger partial charge in [0.1, 0.15) is 6.61 Å². The second-order valence-electron chi connectivity index (χ2n) is 3.37. The van der Waals surface area contributed by atoms with E-state index in [0.717, 1.165) is 11.3 Å². The van der Waals surface area contributed by atoms with Crippen molar-refractivity contribution in [2.45, 2.75) is 6.92 Å². The van der Waals surface area contributed by atoms with Crippen LogP contribution in [0.1, 0.15) is 5.56 Å². The first-order valence-corrected chi connectivity index (χ1v) is 5.20. The van der Waals surface area contributed by atoms with Crippen LogP contribution in [0.25, 0.3) is 0 Å². The van der Waals surface area contributed by atoms with E-state index in [0.29, 0.717) is 6.54 Å². The van der Waals surface area contributed by atoms with Crippen molar-refractivity contribution in [3.63, 3.8) is 0 Å². The molecule has 0 saturated heterocycles. The minimum atomic E-state index is -0.429. The summed E-state index contributed by atoms with van der Waals surface area (Å²) in [5, 5.41) is 22.0. The van der Waals surface area contributed by atoms with Crippen LogP contribution in [-0.2, 0) is 0 Å². The molecule has 5 heteroatoms. The monoisotopic (exact) mass is 244 g/mol. The van der Waals surface area contributed by atoms with E-state index in [4.69, 9.17) is 5.11 Å². The Labute approximate surface area is 105 Å². The van der Waals surface area contributed by atoms with Gasteiger partial charge in [-0.15, -0.1) is 0 Å². The van der Waals surface area contributed by atoms with Crippen LogP contribution in [0.5, 0.6) is 0 Å². The molecule has 18 heavy (non-hydrogen) atoms. The minimum Gasteiger partial charge on any atom is -0.384 e. The summed E-state index contributed by atoms with van der Waals surface area (Å²) in [6, 6.07) is 4.59. The largest absolute Gasteiger partial charge is 0.384 e. The van der Waals surface area contributed by atoms with Gasteiger partial charge in [-0.1, -0.05) is 11.8 Å². The number of aryl methyl sites for hydroxylation is 1. The van der Waals surface area contributed by atoms with Crippen LogP contribution < -0.4 is 5.32 Å². The fourth-order valence-corrected chi connectivity index (χ4v) is 1.27. The molecule has 0 atom stereocenters. The Balaban J connectivity index is 2.62. The fourth-order valence-electron chi connectivity index (χ4n) is 1.27. The highest BCUT2D eigenvalue weighted by molar-refractivity contribution is 5.56. The Morgan fingerprint density at radius 2 is 2.11 bits per heavy atom. The summed E-state index contributed by atoms with van der Waals surface area (Å²) in [5.41, 5.74) is 1.65. The number of non-ortho nitro benzene ring substituents is 1. The van der Waals surface area contributed by atoms with Gasteiger partial charge >= 0.3 is 0 Å². The summed E-state index contributed by atoms with van der Waals surface area (Å²) >= 11 is 0. The first-order valence-electron chi connectivity index (χ1n) is 5.20. The van der Waals surface area contributed by atoms with E-state index in [1.54, 1.807) is 13.0 Å². The van der Waals surface area contributed by atoms with E-state index in [1.165, 1.54) is 12.1 Å². The summed E-state index contributed by atoms with van der Waals surface area (Å²) < 4.78 is 0. The zero-order chi connectivity index (χ0) is 13.4. The standard InChI is InChI=1S/C13H12N2O3/c1-11-10-12(15(17)18)6-7-13(11)14-8-4-2-3-5-9-16/h6-7,10,14,16H,8-9H2,1H3. The van der Waals surface area contributed by atoms with E-state index < -0.39 is 4.92 Å². The molecule has 0 spiro atoms. The number of aliphatic hydroxyl groups excluding tert-OH is 1. The predicted molar refractivity (Wildman–Crippen MR) is 69.0 cm³/mol. The number of nitro groups is 1. The van der Waals surface area contributed by atoms with Crippen LogP contribution in [-0.4, -0.2) is 23.2 Å². The number of nitro benzene ring substituents is 1. The number of hydrogen-bond acceptors (Lipinski definition) is 4. The molecular formula is C13H12N2O3. The van der Waals surface area contributed by atoms with Gasteiger partial charge in [0.25, 0.3) is 5.69 Å². The third kappa shape index (κ3) is 4.17. The molecule has 0 aliphatic rings. The smallest absolute Gasteiger partial charge is 0.269 e. The van der Waals surface area contributed by atoms with Crippen molar-refractivity contribution >= 4 is 11.4 Å². The second kappa shape index (κ2) is 6.95. The van der Waals surface area contributed by atoms with Crippen LogP contribution in [0.4, 0.5) is 11.4 Å². The van der Waals surface area contributed by atoms with Gasteiger partial charge in [-0.25, -0.2) is 0 Å². The first kappa shape index (κ1) is 13.6. The van der Waals surface area contributed by atoms with Crippen molar-refractivity contribution in [3.05, 3.63) is 33.9 Å². The molecule has 0 aromatic heterocycles. The number of anilines is 1. The molecule has 0 fully saturated rings. The van der Waals surface area contributed by atoms with E-state index >= 15 is 0 Å². The Morgan fingerprint density at radius 1 is 1.39 bits per heavy atom. The molecular weight excluding hydrogens is 232 g/mol. The fraction of sp³-hybridized carbons (Fsp3) is 0.231. The van der Waals surface area contributed by atoms with Crippen LogP contribution >= 0.6 is 0 Å². The van der Waals surface area contributed by atoms with E-state index in [2.05, 4.69) is 29.0 Å². The number of rotatable bonds is 3. The highest BCUT2D eigenvalue weighted by Gasteiger charge is 2.06. The maximum atomic E-state index is 10.6. The topological polar surface area (TPSA) is 75.4 Å². The lowest BCUT2D eigenvalue weighted by atomic mass is 10.2. The quantitative estimate of drug-likeness (QED) is 0.477. The summed E-state index contributed by atoms with van der Waals surface area (Å²) in [6.45, 7) is 1.97. The Kier molecular flexibility index (Phi) is 5.24. The average molecular weight is 244 g/mol. The van der Waals surface area contributed by atoms with Crippen molar-refractivity contribution < 1.29 is 10.0 Å². The van der Waals surface area contributed by atoms with Crippen LogP contribution in [0.2, 0.25) is 0 Å². The molecule has 0 amide bonds. The van der Waals surface area contributed by atoms with Crippen LogP contribution in [0, 0.1) is 40.7 Å². The molecule has 0 heterocycles. The summed E-state index contributed by atoms with van der Waals surface area (Å²) in [6.07, 6.45) is 0. The van der Waals surface area contributed by atoms with Gasteiger partial charge in [-0.3, -0.25) is 10.1 Å². The average Bonchev–Trinajstić information content (AvgIpc) is 2.35. The van der Waals surface area contributed by atoms with Gasteiger partial charge in [-0.05, 0) is 30.4 Å². The summed E-state index contributed by atoms with van der Waals surface area (Å²) in [7, 11) is 0. The molecule has 0 bridgehead atoms. The molecule has 1 aromatic rings. The Morgan fingerprint density at radius 3 is 2.72 bits per heavy atom. The highest BCUT2D eigenvalue weighted by atomic mass is 16.6. The Bertz CT molecular complexity index is 559. The zero-order valence-corrected chi connectivity index (χ0v) is 9.86. The minimum absolute atomic E-state index is 0.0675. The molecule has 2 N–H and O–H groups in total. The number of hydrogen-bond donors (Lipinski definition) is 2. The number of nitrogens with one attached hydrogen (secondary N) is 1. The molecule has 92 valence electrons. The maximum Gasteiger partial charge on any atom is 0.269 e. The van der Waals surface area contributed by atoms with Crippen molar-refractivity contribution in [1.29, 1.82) is 0 Å². The lowest BCUT2D eigenvalue weighted by Crippen LogP contribution is -2.01. The molecule has 5 nitrogen and oxygen atoms in total. The van der Waals surface area contributed by atoms with Gasteiger partial charge in [0.2, 0.25) is 0 Å². The van der Waals surface area contributed by atoms with E-state index in [9.17, 15) is 10.1 Å². The SMILES string of the molecule is Cc1cc([N+](=O)[O-])ccc1NCC#CC#CCO. The van der Waals surface area contributed by atoms with Gasteiger partial charge in [0.05, 0.1) is 11.5 Å². The zero-order valence-electron chi connectivity index (χ0n) is 9.86. The number of nitrogens with zero attached hydrogens (tertiary/aromatic N) is 1. The third-order valence-electron chi connectivity index (χ3n) is 2.11. The van der Waals surface area contributed by atoms with Crippen LogP contribution in [0.3, 0.4) is 0 Å². The summed E-state index contributed by atoms with van der Waals surface area (Å²) in [5.74, 6) is 10.2. The van der Waals surface area contributed by atoms with Crippen molar-refractivity contribution in [2.75, 3.05) is 18.5 Å². The molecule has 1 rings (SSSR count). The van der Waals surface area contributed by atoms with Gasteiger partial charge in [-0.2, -0.15) is 0 Å². The molecule has 0 aliphatic carbocycles. The lowest BCUT2D eigenvalue weighted by molar-refractivity contribution is -0.384. The molecule has 0 aliphatic heterocycles. The van der Waals surface area contributed by atoms with Gasteiger partial charge in [0, 0.05) is 17.8 Å². The molecule has 1 aromatic carbocycles. The van der Waals surface area contributed by atoms with Gasteiger partial charge < -0.3 is 10.4 Å². The molecule has 0 unspecified atom stereocenters. The lowest BCUT2D eigenvalue weighted by Gasteiger charge is -2.05. The molecule has 0 radical (unpaired) electrons.